The van der Waals surface area contributed by atoms with Crippen molar-refractivity contribution in [3.05, 3.63) is 182 Å². The maximum Gasteiger partial charge on any atom is 0.0541 e. The predicted molar refractivity (Wildman–Crippen MR) is 219 cm³/mol. The summed E-state index contributed by atoms with van der Waals surface area (Å²) in [6, 6.07) is 66.7. The zero-order valence-corrected chi connectivity index (χ0v) is 28.4. The number of hydrogen-bond acceptors (Lipinski definition) is 1. The molecule has 2 nitrogen and oxygen atoms in total. The van der Waals surface area contributed by atoms with Crippen LogP contribution in [0.5, 0.6) is 0 Å². The number of hydrogen-bond donors (Lipinski definition) is 0. The number of thiophene rings is 1. The first kappa shape index (κ1) is 28.4. The smallest absolute Gasteiger partial charge is 0.0541 e. The Morgan fingerprint density at radius 2 is 0.784 bits per heavy atom. The molecule has 0 spiro atoms. The van der Waals surface area contributed by atoms with Crippen molar-refractivity contribution in [1.29, 1.82) is 0 Å². The number of rotatable bonds is 4. The highest BCUT2D eigenvalue weighted by Gasteiger charge is 2.20. The Hall–Kier alpha value is -6.42. The molecule has 3 heteroatoms. The number of fused-ring (bicyclic) bond motifs is 9. The first-order chi connectivity index (χ1) is 25.3. The molecule has 11 rings (SSSR count). The maximum atomic E-state index is 2.46. The van der Waals surface area contributed by atoms with E-state index in [1.807, 2.05) is 11.3 Å². The van der Waals surface area contributed by atoms with Crippen molar-refractivity contribution < 1.29 is 0 Å². The van der Waals surface area contributed by atoms with Crippen LogP contribution in [-0.4, -0.2) is 9.13 Å². The third-order valence-corrected chi connectivity index (χ3v) is 11.7. The molecular formula is C48H30N2S. The summed E-state index contributed by atoms with van der Waals surface area (Å²) < 4.78 is 7.47. The van der Waals surface area contributed by atoms with E-state index in [0.29, 0.717) is 0 Å². The van der Waals surface area contributed by atoms with E-state index in [-0.39, 0.29) is 0 Å². The number of para-hydroxylation sites is 4. The zero-order valence-electron chi connectivity index (χ0n) is 27.6. The van der Waals surface area contributed by atoms with Gasteiger partial charge in [-0.25, -0.2) is 0 Å². The molecule has 0 saturated heterocycles. The fourth-order valence-electron chi connectivity index (χ4n) is 8.31. The van der Waals surface area contributed by atoms with Crippen LogP contribution in [0.1, 0.15) is 0 Å². The van der Waals surface area contributed by atoms with Crippen molar-refractivity contribution in [1.82, 2.24) is 9.13 Å². The largest absolute Gasteiger partial charge is 0.309 e. The summed E-state index contributed by atoms with van der Waals surface area (Å²) in [5, 5.41) is 7.63. The molecule has 0 bridgehead atoms. The molecule has 0 aliphatic heterocycles. The monoisotopic (exact) mass is 666 g/mol. The van der Waals surface area contributed by atoms with Crippen LogP contribution in [0.4, 0.5) is 0 Å². The van der Waals surface area contributed by atoms with Crippen LogP contribution in [-0.2, 0) is 0 Å². The summed E-state index contributed by atoms with van der Waals surface area (Å²) in [6.45, 7) is 0. The van der Waals surface area contributed by atoms with Crippen molar-refractivity contribution in [2.75, 3.05) is 0 Å². The van der Waals surface area contributed by atoms with E-state index in [4.69, 9.17) is 0 Å². The molecule has 0 aliphatic rings. The minimum absolute atomic E-state index is 1.17. The van der Waals surface area contributed by atoms with Gasteiger partial charge in [0.1, 0.15) is 0 Å². The van der Waals surface area contributed by atoms with Crippen molar-refractivity contribution >= 4 is 75.1 Å². The van der Waals surface area contributed by atoms with E-state index in [1.165, 1.54) is 97.4 Å². The minimum Gasteiger partial charge on any atom is -0.309 e. The first-order valence-electron chi connectivity index (χ1n) is 17.4. The minimum atomic E-state index is 1.17. The fraction of sp³-hybridized carbons (Fsp3) is 0. The van der Waals surface area contributed by atoms with Crippen LogP contribution in [0.15, 0.2) is 182 Å². The molecule has 0 aliphatic carbocycles. The van der Waals surface area contributed by atoms with Crippen LogP contribution < -0.4 is 0 Å². The molecule has 3 heterocycles. The van der Waals surface area contributed by atoms with E-state index in [1.54, 1.807) is 0 Å². The van der Waals surface area contributed by atoms with Gasteiger partial charge < -0.3 is 9.13 Å². The van der Waals surface area contributed by atoms with E-state index in [2.05, 4.69) is 191 Å². The molecule has 0 radical (unpaired) electrons. The molecule has 0 N–H and O–H groups in total. The van der Waals surface area contributed by atoms with E-state index >= 15 is 0 Å². The van der Waals surface area contributed by atoms with Gasteiger partial charge >= 0.3 is 0 Å². The quantitative estimate of drug-likeness (QED) is 0.177. The lowest BCUT2D eigenvalue weighted by Crippen LogP contribution is -1.96. The topological polar surface area (TPSA) is 9.86 Å². The van der Waals surface area contributed by atoms with Crippen LogP contribution in [0.3, 0.4) is 0 Å². The highest BCUT2D eigenvalue weighted by Crippen LogP contribution is 2.46. The lowest BCUT2D eigenvalue weighted by molar-refractivity contribution is 1.18. The molecular weight excluding hydrogens is 637 g/mol. The van der Waals surface area contributed by atoms with Crippen LogP contribution in [0, 0.1) is 0 Å². The third-order valence-electron chi connectivity index (χ3n) is 10.5. The third kappa shape index (κ3) is 4.22. The Bertz CT molecular complexity index is 3030. The van der Waals surface area contributed by atoms with Crippen LogP contribution in [0.2, 0.25) is 0 Å². The van der Waals surface area contributed by atoms with Gasteiger partial charge in [0.2, 0.25) is 0 Å². The van der Waals surface area contributed by atoms with Crippen molar-refractivity contribution in [2.24, 2.45) is 0 Å². The van der Waals surface area contributed by atoms with Gasteiger partial charge in [0.25, 0.3) is 0 Å². The van der Waals surface area contributed by atoms with Crippen LogP contribution >= 0.6 is 11.3 Å². The van der Waals surface area contributed by atoms with Gasteiger partial charge in [0.15, 0.2) is 0 Å². The molecule has 0 saturated carbocycles. The standard InChI is InChI=1S/C48H30N2S/c1-2-14-31(15-3-1)34-16-4-5-17-35(34)41-29-33(50-45-24-12-8-20-38(45)39-21-9-13-25-46(39)50)30-42-40-28-32(26-27-47(40)51-48(41)42)49-43-22-10-6-18-36(43)37-19-7-11-23-44(37)49/h1-30H. The molecule has 51 heavy (non-hydrogen) atoms. The Balaban J connectivity index is 1.25. The second-order valence-corrected chi connectivity index (χ2v) is 14.4. The summed E-state index contributed by atoms with van der Waals surface area (Å²) >= 11 is 1.89. The van der Waals surface area contributed by atoms with Gasteiger partial charge in [0, 0.05) is 58.7 Å². The molecule has 0 amide bonds. The van der Waals surface area contributed by atoms with E-state index in [0.717, 1.165) is 0 Å². The molecule has 0 fully saturated rings. The SMILES string of the molecule is c1ccc(-c2ccccc2-c2cc(-n3c4ccccc4c4ccccc43)cc3c2sc2ccc(-n4c5ccccc5c5ccccc54)cc23)cc1. The summed E-state index contributed by atoms with van der Waals surface area (Å²) in [7, 11) is 0. The highest BCUT2D eigenvalue weighted by molar-refractivity contribution is 7.26. The Morgan fingerprint density at radius 1 is 0.314 bits per heavy atom. The average Bonchev–Trinajstić information content (AvgIpc) is 3.85. The van der Waals surface area contributed by atoms with E-state index < -0.39 is 0 Å². The van der Waals surface area contributed by atoms with Gasteiger partial charge in [0.05, 0.1) is 22.1 Å². The fourth-order valence-corrected chi connectivity index (χ4v) is 9.50. The molecule has 11 aromatic rings. The lowest BCUT2D eigenvalue weighted by atomic mass is 9.93. The lowest BCUT2D eigenvalue weighted by Gasteiger charge is -2.15. The normalized spacial score (nSPS) is 11.9. The number of nitrogens with zero attached hydrogens (tertiary/aromatic N) is 2. The maximum absolute atomic E-state index is 2.46. The summed E-state index contributed by atoms with van der Waals surface area (Å²) in [5.74, 6) is 0. The Morgan fingerprint density at radius 3 is 1.37 bits per heavy atom. The van der Waals surface area contributed by atoms with Crippen molar-refractivity contribution in [3.8, 4) is 33.6 Å². The second kappa shape index (κ2) is 11.0. The van der Waals surface area contributed by atoms with Gasteiger partial charge in [-0.2, -0.15) is 0 Å². The number of benzene rings is 8. The first-order valence-corrected chi connectivity index (χ1v) is 18.3. The second-order valence-electron chi connectivity index (χ2n) is 13.3. The predicted octanol–water partition coefficient (Wildman–Crippen LogP) is 13.6. The average molecular weight is 667 g/mol. The molecule has 238 valence electrons. The van der Waals surface area contributed by atoms with Crippen LogP contribution in [0.25, 0.3) is 97.4 Å². The van der Waals surface area contributed by atoms with Gasteiger partial charge in [-0.05, 0) is 71.3 Å². The number of aromatic nitrogens is 2. The summed E-state index contributed by atoms with van der Waals surface area (Å²) in [4.78, 5) is 0. The van der Waals surface area contributed by atoms with Crippen molar-refractivity contribution in [2.45, 2.75) is 0 Å². The van der Waals surface area contributed by atoms with Gasteiger partial charge in [-0.1, -0.05) is 127 Å². The molecule has 0 unspecified atom stereocenters. The molecule has 8 aromatic carbocycles. The van der Waals surface area contributed by atoms with Crippen molar-refractivity contribution in [3.63, 3.8) is 0 Å². The Labute approximate surface area is 298 Å². The summed E-state index contributed by atoms with van der Waals surface area (Å²) in [6.07, 6.45) is 0. The zero-order chi connectivity index (χ0) is 33.5. The van der Waals surface area contributed by atoms with Gasteiger partial charge in [-0.15, -0.1) is 11.3 Å². The van der Waals surface area contributed by atoms with E-state index in [9.17, 15) is 0 Å². The summed E-state index contributed by atoms with van der Waals surface area (Å²) in [5.41, 5.74) is 12.2. The highest BCUT2D eigenvalue weighted by atomic mass is 32.1. The molecule has 3 aromatic heterocycles. The Kier molecular flexibility index (Phi) is 6.16. The van der Waals surface area contributed by atoms with Gasteiger partial charge in [-0.3, -0.25) is 0 Å². The molecule has 0 atom stereocenters.